The van der Waals surface area contributed by atoms with Crippen LogP contribution in [0, 0.1) is 5.92 Å². The predicted molar refractivity (Wildman–Crippen MR) is 98.9 cm³/mol. The summed E-state index contributed by atoms with van der Waals surface area (Å²) in [6.45, 7) is 2.04. The van der Waals surface area contributed by atoms with Crippen LogP contribution in [0.3, 0.4) is 0 Å². The molecule has 130 valence electrons. The lowest BCUT2D eigenvalue weighted by molar-refractivity contribution is -0.127. The zero-order valence-electron chi connectivity index (χ0n) is 14.5. The molecule has 1 aliphatic rings. The number of benzene rings is 2. The molecule has 0 saturated heterocycles. The van der Waals surface area contributed by atoms with E-state index in [4.69, 9.17) is 0 Å². The van der Waals surface area contributed by atoms with Gasteiger partial charge in [-0.05, 0) is 42.9 Å². The van der Waals surface area contributed by atoms with Gasteiger partial charge in [-0.25, -0.2) is 0 Å². The smallest absolute Gasteiger partial charge is 0.239 e. The van der Waals surface area contributed by atoms with Gasteiger partial charge in [-0.15, -0.1) is 0 Å². The van der Waals surface area contributed by atoms with E-state index in [0.29, 0.717) is 0 Å². The minimum Gasteiger partial charge on any atom is -0.352 e. The van der Waals surface area contributed by atoms with Crippen LogP contribution in [-0.4, -0.2) is 24.4 Å². The van der Waals surface area contributed by atoms with Crippen molar-refractivity contribution < 1.29 is 9.59 Å². The van der Waals surface area contributed by atoms with Gasteiger partial charge in [0.15, 0.2) is 0 Å². The Morgan fingerprint density at radius 2 is 1.64 bits per heavy atom. The van der Waals surface area contributed by atoms with Gasteiger partial charge < -0.3 is 10.6 Å². The van der Waals surface area contributed by atoms with Crippen molar-refractivity contribution in [1.82, 2.24) is 10.6 Å². The Morgan fingerprint density at radius 3 is 2.28 bits per heavy atom. The van der Waals surface area contributed by atoms with E-state index in [1.807, 2.05) is 25.1 Å². The van der Waals surface area contributed by atoms with E-state index in [9.17, 15) is 9.59 Å². The molecule has 0 radical (unpaired) electrons. The van der Waals surface area contributed by atoms with Crippen molar-refractivity contribution in [2.45, 2.75) is 32.2 Å². The Balaban J connectivity index is 1.46. The molecular formula is C21H24N2O2. The summed E-state index contributed by atoms with van der Waals surface area (Å²) in [6, 6.07) is 18.7. The highest BCUT2D eigenvalue weighted by Crippen LogP contribution is 2.28. The molecule has 1 atom stereocenters. The van der Waals surface area contributed by atoms with Gasteiger partial charge in [0.2, 0.25) is 11.8 Å². The number of carbonyl (C=O) groups excluding carboxylic acids is 2. The minimum absolute atomic E-state index is 0.000645. The molecule has 0 spiro atoms. The molecule has 4 nitrogen and oxygen atoms in total. The van der Waals surface area contributed by atoms with Crippen LogP contribution in [0.1, 0.15) is 25.3 Å². The van der Waals surface area contributed by atoms with E-state index in [1.54, 1.807) is 0 Å². The van der Waals surface area contributed by atoms with Crippen LogP contribution < -0.4 is 10.6 Å². The second kappa shape index (κ2) is 7.97. The molecule has 0 bridgehead atoms. The number of carbonyl (C=O) groups is 2. The SMILES string of the molecule is CC(Cc1ccc(-c2ccccc2)cc1)NC(=O)CNC(=O)C1CC1. The lowest BCUT2D eigenvalue weighted by Gasteiger charge is -2.15. The summed E-state index contributed by atoms with van der Waals surface area (Å²) in [4.78, 5) is 23.4. The zero-order chi connectivity index (χ0) is 17.6. The summed E-state index contributed by atoms with van der Waals surface area (Å²) in [7, 11) is 0. The van der Waals surface area contributed by atoms with E-state index >= 15 is 0 Å². The molecule has 4 heteroatoms. The van der Waals surface area contributed by atoms with Crippen molar-refractivity contribution in [1.29, 1.82) is 0 Å². The van der Waals surface area contributed by atoms with Crippen LogP contribution in [0.5, 0.6) is 0 Å². The van der Waals surface area contributed by atoms with Gasteiger partial charge in [0.05, 0.1) is 6.54 Å². The van der Waals surface area contributed by atoms with E-state index in [2.05, 4.69) is 47.0 Å². The standard InChI is InChI=1S/C21H24N2O2/c1-15(23-20(24)14-22-21(25)19-11-12-19)13-16-7-9-18(10-8-16)17-5-3-2-4-6-17/h2-10,15,19H,11-14H2,1H3,(H,22,25)(H,23,24). The van der Waals surface area contributed by atoms with Crippen molar-refractivity contribution in [2.24, 2.45) is 5.92 Å². The van der Waals surface area contributed by atoms with Crippen molar-refractivity contribution in [2.75, 3.05) is 6.54 Å². The minimum atomic E-state index is -0.137. The summed E-state index contributed by atoms with van der Waals surface area (Å²) < 4.78 is 0. The third-order valence-corrected chi connectivity index (χ3v) is 4.38. The monoisotopic (exact) mass is 336 g/mol. The molecule has 2 aromatic carbocycles. The first-order valence-electron chi connectivity index (χ1n) is 8.83. The topological polar surface area (TPSA) is 58.2 Å². The van der Waals surface area contributed by atoms with E-state index in [1.165, 1.54) is 16.7 Å². The predicted octanol–water partition coefficient (Wildman–Crippen LogP) is 2.93. The van der Waals surface area contributed by atoms with Crippen LogP contribution >= 0.6 is 0 Å². The summed E-state index contributed by atoms with van der Waals surface area (Å²) >= 11 is 0. The van der Waals surface area contributed by atoms with Crippen LogP contribution in [0.15, 0.2) is 54.6 Å². The first kappa shape index (κ1) is 17.2. The lowest BCUT2D eigenvalue weighted by Crippen LogP contribution is -2.42. The number of hydrogen-bond donors (Lipinski definition) is 2. The molecule has 2 amide bonds. The average Bonchev–Trinajstić information content (AvgIpc) is 3.46. The maximum atomic E-state index is 11.9. The first-order valence-corrected chi connectivity index (χ1v) is 8.83. The number of nitrogens with one attached hydrogen (secondary N) is 2. The van der Waals surface area contributed by atoms with E-state index in [0.717, 1.165) is 19.3 Å². The molecule has 0 heterocycles. The lowest BCUT2D eigenvalue weighted by atomic mass is 10.0. The molecule has 2 aromatic rings. The Hall–Kier alpha value is -2.62. The molecule has 1 saturated carbocycles. The van der Waals surface area contributed by atoms with Gasteiger partial charge in [0, 0.05) is 12.0 Å². The van der Waals surface area contributed by atoms with Gasteiger partial charge >= 0.3 is 0 Å². The van der Waals surface area contributed by atoms with E-state index < -0.39 is 0 Å². The highest BCUT2D eigenvalue weighted by Gasteiger charge is 2.29. The Morgan fingerprint density at radius 1 is 1.00 bits per heavy atom. The maximum absolute atomic E-state index is 11.9. The number of rotatable bonds is 7. The molecular weight excluding hydrogens is 312 g/mol. The normalized spacial score (nSPS) is 14.6. The van der Waals surface area contributed by atoms with Crippen molar-refractivity contribution in [3.8, 4) is 11.1 Å². The van der Waals surface area contributed by atoms with Crippen molar-refractivity contribution in [3.05, 3.63) is 60.2 Å². The van der Waals surface area contributed by atoms with Gasteiger partial charge in [-0.2, -0.15) is 0 Å². The van der Waals surface area contributed by atoms with Crippen molar-refractivity contribution in [3.63, 3.8) is 0 Å². The Bertz CT molecular complexity index is 721. The summed E-state index contributed by atoms with van der Waals surface area (Å²) in [6.07, 6.45) is 2.66. The molecule has 0 aromatic heterocycles. The van der Waals surface area contributed by atoms with Gasteiger partial charge in [0.25, 0.3) is 0 Å². The molecule has 25 heavy (non-hydrogen) atoms. The highest BCUT2D eigenvalue weighted by atomic mass is 16.2. The summed E-state index contributed by atoms with van der Waals surface area (Å²) in [5.74, 6) is -0.00457. The fraction of sp³-hybridized carbons (Fsp3) is 0.333. The zero-order valence-corrected chi connectivity index (χ0v) is 14.5. The molecule has 2 N–H and O–H groups in total. The quantitative estimate of drug-likeness (QED) is 0.817. The Labute approximate surface area is 148 Å². The third-order valence-electron chi connectivity index (χ3n) is 4.38. The first-order chi connectivity index (χ1) is 12.1. The van der Waals surface area contributed by atoms with Crippen LogP contribution in [0.25, 0.3) is 11.1 Å². The van der Waals surface area contributed by atoms with E-state index in [-0.39, 0.29) is 30.3 Å². The van der Waals surface area contributed by atoms with Gasteiger partial charge in [0.1, 0.15) is 0 Å². The average molecular weight is 336 g/mol. The van der Waals surface area contributed by atoms with Crippen LogP contribution in [0.2, 0.25) is 0 Å². The second-order valence-corrected chi connectivity index (χ2v) is 6.73. The number of amides is 2. The third kappa shape index (κ3) is 5.18. The summed E-state index contributed by atoms with van der Waals surface area (Å²) in [5, 5.41) is 5.62. The highest BCUT2D eigenvalue weighted by molar-refractivity contribution is 5.86. The maximum Gasteiger partial charge on any atom is 0.239 e. The molecule has 0 aliphatic heterocycles. The molecule has 1 unspecified atom stereocenters. The van der Waals surface area contributed by atoms with Crippen LogP contribution in [0.4, 0.5) is 0 Å². The number of hydrogen-bond acceptors (Lipinski definition) is 2. The molecule has 1 fully saturated rings. The Kier molecular flexibility index (Phi) is 5.49. The van der Waals surface area contributed by atoms with Gasteiger partial charge in [-0.1, -0.05) is 54.6 Å². The van der Waals surface area contributed by atoms with Crippen molar-refractivity contribution >= 4 is 11.8 Å². The van der Waals surface area contributed by atoms with Gasteiger partial charge in [-0.3, -0.25) is 9.59 Å². The second-order valence-electron chi connectivity index (χ2n) is 6.73. The molecule has 3 rings (SSSR count). The fourth-order valence-electron chi connectivity index (χ4n) is 2.85. The fourth-order valence-corrected chi connectivity index (χ4v) is 2.85. The summed E-state index contributed by atoms with van der Waals surface area (Å²) in [5.41, 5.74) is 3.56. The van der Waals surface area contributed by atoms with Crippen LogP contribution in [-0.2, 0) is 16.0 Å². The largest absolute Gasteiger partial charge is 0.352 e. The molecule has 1 aliphatic carbocycles.